The molecule has 4 heteroatoms. The third-order valence-corrected chi connectivity index (χ3v) is 4.96. The van der Waals surface area contributed by atoms with Gasteiger partial charge in [-0.2, -0.15) is 0 Å². The van der Waals surface area contributed by atoms with Gasteiger partial charge in [0.25, 0.3) is 0 Å². The second-order valence-electron chi connectivity index (χ2n) is 6.47. The summed E-state index contributed by atoms with van der Waals surface area (Å²) in [5.41, 5.74) is 0.552. The molecular weight excluding hydrogens is 259 g/mol. The molecule has 0 aromatic carbocycles. The van der Waals surface area contributed by atoms with Gasteiger partial charge in [-0.3, -0.25) is 0 Å². The van der Waals surface area contributed by atoms with E-state index < -0.39 is 0 Å². The van der Waals surface area contributed by atoms with Gasteiger partial charge in [0.1, 0.15) is 12.4 Å². The minimum Gasteiger partial charge on any atom is -0.493 e. The Morgan fingerprint density at radius 3 is 2.95 bits per heavy atom. The lowest BCUT2D eigenvalue weighted by Crippen LogP contribution is -2.38. The van der Waals surface area contributed by atoms with Crippen molar-refractivity contribution in [3.8, 4) is 0 Å². The molecule has 0 radical (unpaired) electrons. The molecule has 2 saturated heterocycles. The van der Waals surface area contributed by atoms with Crippen LogP contribution in [0.3, 0.4) is 0 Å². The smallest absolute Gasteiger partial charge is 0.153 e. The molecule has 3 atom stereocenters. The summed E-state index contributed by atoms with van der Waals surface area (Å²) >= 11 is 0. The minimum absolute atomic E-state index is 0.0150. The van der Waals surface area contributed by atoms with Crippen LogP contribution in [-0.4, -0.2) is 30.5 Å². The number of allylic oxidation sites excluding steroid dienone is 1. The van der Waals surface area contributed by atoms with Gasteiger partial charge in [-0.1, -0.05) is 6.58 Å². The van der Waals surface area contributed by atoms with Gasteiger partial charge in [0.15, 0.2) is 5.76 Å². The lowest BCUT2D eigenvalue weighted by Gasteiger charge is -2.30. The molecule has 0 saturated carbocycles. The van der Waals surface area contributed by atoms with Crippen LogP contribution in [0.4, 0.5) is 4.39 Å². The third kappa shape index (κ3) is 2.19. The molecule has 20 heavy (non-hydrogen) atoms. The summed E-state index contributed by atoms with van der Waals surface area (Å²) in [6.07, 6.45) is 3.98. The van der Waals surface area contributed by atoms with Crippen LogP contribution in [0.5, 0.6) is 0 Å². The van der Waals surface area contributed by atoms with Crippen molar-refractivity contribution < 1.29 is 18.6 Å². The first-order chi connectivity index (χ1) is 9.45. The topological polar surface area (TPSA) is 27.7 Å². The second kappa shape index (κ2) is 4.85. The van der Waals surface area contributed by atoms with Crippen molar-refractivity contribution >= 4 is 0 Å². The van der Waals surface area contributed by atoms with E-state index in [4.69, 9.17) is 14.2 Å². The van der Waals surface area contributed by atoms with Gasteiger partial charge in [0.05, 0.1) is 23.9 Å². The normalized spacial score (nSPS) is 40.0. The molecule has 2 bridgehead atoms. The number of rotatable bonds is 4. The van der Waals surface area contributed by atoms with E-state index in [1.807, 2.05) is 6.92 Å². The largest absolute Gasteiger partial charge is 0.493 e. The number of fused-ring (bicyclic) bond motifs is 2. The van der Waals surface area contributed by atoms with E-state index in [-0.39, 0.29) is 29.7 Å². The summed E-state index contributed by atoms with van der Waals surface area (Å²) in [7, 11) is 0. The number of halogens is 1. The molecule has 0 aromatic heterocycles. The van der Waals surface area contributed by atoms with Gasteiger partial charge in [-0.15, -0.1) is 0 Å². The fraction of sp³-hybridized carbons (Fsp3) is 0.750. The Balaban J connectivity index is 1.66. The minimum atomic E-state index is -0.273. The predicted molar refractivity (Wildman–Crippen MR) is 73.9 cm³/mol. The van der Waals surface area contributed by atoms with Crippen LogP contribution in [0, 0.1) is 0 Å². The van der Waals surface area contributed by atoms with Crippen LogP contribution >= 0.6 is 0 Å². The first kappa shape index (κ1) is 14.1. The summed E-state index contributed by atoms with van der Waals surface area (Å²) in [6, 6.07) is 0. The fourth-order valence-corrected chi connectivity index (χ4v) is 3.53. The van der Waals surface area contributed by atoms with Crippen molar-refractivity contribution in [2.24, 2.45) is 0 Å². The van der Waals surface area contributed by atoms with Gasteiger partial charge in [-0.05, 0) is 38.7 Å². The van der Waals surface area contributed by atoms with E-state index in [1.54, 1.807) is 0 Å². The molecule has 3 heterocycles. The van der Waals surface area contributed by atoms with Crippen molar-refractivity contribution in [3.63, 3.8) is 0 Å². The molecule has 0 amide bonds. The average molecular weight is 282 g/mol. The maximum absolute atomic E-state index is 13.6. The van der Waals surface area contributed by atoms with Gasteiger partial charge in [0, 0.05) is 12.8 Å². The average Bonchev–Trinajstić information content (AvgIpc) is 2.90. The molecule has 0 aromatic rings. The zero-order valence-corrected chi connectivity index (χ0v) is 12.3. The second-order valence-corrected chi connectivity index (χ2v) is 6.47. The van der Waals surface area contributed by atoms with Gasteiger partial charge < -0.3 is 14.2 Å². The molecule has 0 spiro atoms. The highest BCUT2D eigenvalue weighted by molar-refractivity contribution is 5.22. The number of hydrogen-bond acceptors (Lipinski definition) is 3. The molecule has 3 aliphatic rings. The lowest BCUT2D eigenvalue weighted by molar-refractivity contribution is -0.0767. The molecule has 0 N–H and O–H groups in total. The maximum Gasteiger partial charge on any atom is 0.153 e. The van der Waals surface area contributed by atoms with E-state index in [1.165, 1.54) is 0 Å². The van der Waals surface area contributed by atoms with Crippen LogP contribution in [-0.2, 0) is 14.2 Å². The standard InChI is InChI=1S/C16H23FO3/c1-11(2)16-7-6-15(3,20-16)14(9-16)19-10-13-12(17)5-4-8-18-13/h14H,1,4-10H2,2-3H3. The quantitative estimate of drug-likeness (QED) is 0.737. The van der Waals surface area contributed by atoms with Crippen LogP contribution < -0.4 is 0 Å². The molecule has 3 rings (SSSR count). The highest BCUT2D eigenvalue weighted by atomic mass is 19.1. The van der Waals surface area contributed by atoms with Crippen molar-refractivity contribution in [3.05, 3.63) is 23.7 Å². The van der Waals surface area contributed by atoms with Gasteiger partial charge in [-0.25, -0.2) is 4.39 Å². The van der Waals surface area contributed by atoms with Crippen molar-refractivity contribution in [1.82, 2.24) is 0 Å². The Bertz CT molecular complexity index is 459. The molecule has 2 fully saturated rings. The van der Waals surface area contributed by atoms with E-state index in [2.05, 4.69) is 13.5 Å². The molecule has 0 aliphatic carbocycles. The van der Waals surface area contributed by atoms with E-state index in [0.717, 1.165) is 31.3 Å². The first-order valence-electron chi connectivity index (χ1n) is 7.43. The first-order valence-corrected chi connectivity index (χ1v) is 7.43. The van der Waals surface area contributed by atoms with Gasteiger partial charge >= 0.3 is 0 Å². The van der Waals surface area contributed by atoms with Crippen molar-refractivity contribution in [1.29, 1.82) is 0 Å². The maximum atomic E-state index is 13.6. The Labute approximate surface area is 119 Å². The summed E-state index contributed by atoms with van der Waals surface area (Å²) in [5, 5.41) is 0. The Morgan fingerprint density at radius 1 is 1.50 bits per heavy atom. The predicted octanol–water partition coefficient (Wildman–Crippen LogP) is 3.65. The van der Waals surface area contributed by atoms with E-state index in [9.17, 15) is 4.39 Å². The van der Waals surface area contributed by atoms with E-state index in [0.29, 0.717) is 18.8 Å². The zero-order chi connectivity index (χ0) is 14.4. The third-order valence-electron chi connectivity index (χ3n) is 4.96. The van der Waals surface area contributed by atoms with Crippen molar-refractivity contribution in [2.75, 3.05) is 13.2 Å². The summed E-state index contributed by atoms with van der Waals surface area (Å²) < 4.78 is 31.1. The van der Waals surface area contributed by atoms with Gasteiger partial charge in [0.2, 0.25) is 0 Å². The van der Waals surface area contributed by atoms with E-state index >= 15 is 0 Å². The van der Waals surface area contributed by atoms with Crippen LogP contribution in [0.15, 0.2) is 23.7 Å². The highest BCUT2D eigenvalue weighted by Gasteiger charge is 2.59. The van der Waals surface area contributed by atoms with Crippen LogP contribution in [0.2, 0.25) is 0 Å². The number of ether oxygens (including phenoxy) is 3. The molecule has 3 unspecified atom stereocenters. The fourth-order valence-electron chi connectivity index (χ4n) is 3.53. The number of hydrogen-bond donors (Lipinski definition) is 0. The van der Waals surface area contributed by atoms with Crippen molar-refractivity contribution in [2.45, 2.75) is 63.3 Å². The Kier molecular flexibility index (Phi) is 3.41. The molecule has 112 valence electrons. The zero-order valence-electron chi connectivity index (χ0n) is 12.3. The Hall–Kier alpha value is -0.870. The van der Waals surface area contributed by atoms with Crippen LogP contribution in [0.25, 0.3) is 0 Å². The lowest BCUT2D eigenvalue weighted by atomic mass is 9.78. The highest BCUT2D eigenvalue weighted by Crippen LogP contribution is 2.54. The Morgan fingerprint density at radius 2 is 2.30 bits per heavy atom. The summed E-state index contributed by atoms with van der Waals surface area (Å²) in [6.45, 7) is 8.95. The molecular formula is C16H23FO3. The summed E-state index contributed by atoms with van der Waals surface area (Å²) in [5.74, 6) is 0.201. The summed E-state index contributed by atoms with van der Waals surface area (Å²) in [4.78, 5) is 0. The van der Waals surface area contributed by atoms with Crippen LogP contribution in [0.1, 0.15) is 46.0 Å². The SMILES string of the molecule is C=C(C)C12CCC(C)(O1)C(OCC1=C(F)CCCO1)C2. The molecule has 3 aliphatic heterocycles. The molecule has 3 nitrogen and oxygen atoms in total. The monoisotopic (exact) mass is 282 g/mol.